The first-order valence-corrected chi connectivity index (χ1v) is 14.6. The molecule has 10 nitrogen and oxygen atoms in total. The van der Waals surface area contributed by atoms with Gasteiger partial charge in [-0.2, -0.15) is 0 Å². The van der Waals surface area contributed by atoms with Crippen LogP contribution in [0.15, 0.2) is 64.3 Å². The zero-order valence-corrected chi connectivity index (χ0v) is 25.9. The van der Waals surface area contributed by atoms with Crippen molar-refractivity contribution in [2.24, 2.45) is 14.1 Å². The van der Waals surface area contributed by atoms with Gasteiger partial charge in [0.05, 0.1) is 7.11 Å². The lowest BCUT2D eigenvalue weighted by Gasteiger charge is -2.24. The van der Waals surface area contributed by atoms with Gasteiger partial charge in [0.25, 0.3) is 11.5 Å². The molecule has 1 saturated heterocycles. The summed E-state index contributed by atoms with van der Waals surface area (Å²) in [5, 5.41) is 8.91. The molecule has 0 saturated carbocycles. The number of halogens is 1. The van der Waals surface area contributed by atoms with Crippen LogP contribution in [0.3, 0.4) is 0 Å². The smallest absolute Gasteiger partial charge is 0.330 e. The minimum Gasteiger partial charge on any atom is -0.496 e. The number of carbonyl (C=O) groups excluding carboxylic acids is 2. The lowest BCUT2D eigenvalue weighted by atomic mass is 9.90. The molecule has 1 aromatic heterocycles. The van der Waals surface area contributed by atoms with Crippen molar-refractivity contribution in [1.82, 2.24) is 19.8 Å². The number of ether oxygens (including phenoxy) is 1. The number of carbonyl (C=O) groups is 2. The van der Waals surface area contributed by atoms with Gasteiger partial charge in [-0.15, -0.1) is 0 Å². The Morgan fingerprint density at radius 2 is 1.71 bits per heavy atom. The van der Waals surface area contributed by atoms with Crippen molar-refractivity contribution >= 4 is 17.5 Å². The number of rotatable bonds is 8. The summed E-state index contributed by atoms with van der Waals surface area (Å²) in [6.45, 7) is 4.65. The third kappa shape index (κ3) is 6.30. The molecule has 1 fully saturated rings. The Hall–Kier alpha value is -5.03. The average molecular weight is 614 g/mol. The van der Waals surface area contributed by atoms with E-state index in [0.717, 1.165) is 38.8 Å². The number of amides is 2. The number of benzene rings is 3. The van der Waals surface area contributed by atoms with Crippen LogP contribution in [0.1, 0.15) is 39.9 Å². The van der Waals surface area contributed by atoms with Crippen LogP contribution in [0.5, 0.6) is 5.75 Å². The molecular formula is C34H36FN5O5. The van der Waals surface area contributed by atoms with Crippen molar-refractivity contribution in [1.29, 1.82) is 0 Å². The zero-order chi connectivity index (χ0) is 32.4. The number of hydrogen-bond acceptors (Lipinski definition) is 6. The fourth-order valence-electron chi connectivity index (χ4n) is 5.78. The summed E-state index contributed by atoms with van der Waals surface area (Å²) in [5.41, 5.74) is 4.43. The van der Waals surface area contributed by atoms with Gasteiger partial charge in [-0.3, -0.25) is 19.0 Å². The normalized spacial score (nSPS) is 14.6. The summed E-state index contributed by atoms with van der Waals surface area (Å²) >= 11 is 0. The maximum atomic E-state index is 15.6. The first-order valence-electron chi connectivity index (χ1n) is 14.6. The Kier molecular flexibility index (Phi) is 9.01. The van der Waals surface area contributed by atoms with Crippen LogP contribution < -0.4 is 31.9 Å². The van der Waals surface area contributed by atoms with E-state index >= 15 is 4.39 Å². The summed E-state index contributed by atoms with van der Waals surface area (Å²) in [6.07, 6.45) is 2.36. The van der Waals surface area contributed by atoms with E-state index in [1.807, 2.05) is 50.2 Å². The molecule has 1 aliphatic heterocycles. The van der Waals surface area contributed by atoms with E-state index in [1.54, 1.807) is 6.07 Å². The van der Waals surface area contributed by atoms with E-state index in [2.05, 4.69) is 16.0 Å². The van der Waals surface area contributed by atoms with Gasteiger partial charge in [0.2, 0.25) is 5.91 Å². The van der Waals surface area contributed by atoms with Crippen molar-refractivity contribution in [2.75, 3.05) is 19.0 Å². The predicted octanol–water partition coefficient (Wildman–Crippen LogP) is 3.80. The number of aryl methyl sites for hydroxylation is 1. The van der Waals surface area contributed by atoms with Crippen molar-refractivity contribution < 1.29 is 18.7 Å². The first-order chi connectivity index (χ1) is 21.5. The van der Waals surface area contributed by atoms with Gasteiger partial charge in [-0.05, 0) is 71.8 Å². The second-order valence-electron chi connectivity index (χ2n) is 11.3. The highest BCUT2D eigenvalue weighted by atomic mass is 19.1. The van der Waals surface area contributed by atoms with Crippen molar-refractivity contribution in [3.05, 3.63) is 104 Å². The highest BCUT2D eigenvalue weighted by Crippen LogP contribution is 2.37. The van der Waals surface area contributed by atoms with E-state index in [9.17, 15) is 19.2 Å². The average Bonchev–Trinajstić information content (AvgIpc) is 3.02. The number of methoxy groups -OCH3 is 1. The van der Waals surface area contributed by atoms with Gasteiger partial charge < -0.3 is 25.3 Å². The molecule has 1 unspecified atom stereocenters. The minimum absolute atomic E-state index is 0.0184. The van der Waals surface area contributed by atoms with Crippen LogP contribution in [0, 0.1) is 19.7 Å². The second-order valence-corrected chi connectivity index (χ2v) is 11.3. The second kappa shape index (κ2) is 12.9. The highest BCUT2D eigenvalue weighted by molar-refractivity contribution is 6.04. The van der Waals surface area contributed by atoms with Gasteiger partial charge >= 0.3 is 5.69 Å². The largest absolute Gasteiger partial charge is 0.496 e. The Balaban J connectivity index is 1.45. The molecule has 3 aromatic carbocycles. The van der Waals surface area contributed by atoms with Crippen LogP contribution in [0.2, 0.25) is 0 Å². The van der Waals surface area contributed by atoms with Gasteiger partial charge in [0, 0.05) is 57.1 Å². The van der Waals surface area contributed by atoms with E-state index in [4.69, 9.17) is 4.74 Å². The molecule has 0 aliphatic carbocycles. The van der Waals surface area contributed by atoms with Crippen LogP contribution in [-0.4, -0.2) is 40.6 Å². The molecule has 45 heavy (non-hydrogen) atoms. The number of nitrogens with zero attached hydrogens (tertiary/aromatic N) is 2. The Morgan fingerprint density at radius 3 is 2.42 bits per heavy atom. The third-order valence-corrected chi connectivity index (χ3v) is 8.40. The maximum Gasteiger partial charge on any atom is 0.330 e. The molecule has 4 aromatic rings. The van der Waals surface area contributed by atoms with Crippen molar-refractivity contribution in [3.63, 3.8) is 0 Å². The van der Waals surface area contributed by atoms with Gasteiger partial charge in [-0.1, -0.05) is 30.3 Å². The van der Waals surface area contributed by atoms with E-state index in [0.29, 0.717) is 35.5 Å². The lowest BCUT2D eigenvalue weighted by molar-refractivity contribution is -0.122. The summed E-state index contributed by atoms with van der Waals surface area (Å²) in [4.78, 5) is 49.5. The van der Waals surface area contributed by atoms with E-state index < -0.39 is 23.0 Å². The number of anilines is 1. The van der Waals surface area contributed by atoms with Crippen LogP contribution in [0.4, 0.5) is 10.1 Å². The van der Waals surface area contributed by atoms with E-state index in [-0.39, 0.29) is 24.1 Å². The van der Waals surface area contributed by atoms with Gasteiger partial charge in [0.15, 0.2) is 0 Å². The summed E-state index contributed by atoms with van der Waals surface area (Å²) in [6, 6.07) is 14.5. The molecule has 5 rings (SSSR count). The van der Waals surface area contributed by atoms with Crippen molar-refractivity contribution in [3.8, 4) is 28.0 Å². The summed E-state index contributed by atoms with van der Waals surface area (Å²) in [5.74, 6) is -0.642. The fourth-order valence-corrected chi connectivity index (χ4v) is 5.78. The van der Waals surface area contributed by atoms with Crippen molar-refractivity contribution in [2.45, 2.75) is 39.3 Å². The molecule has 11 heteroatoms. The number of nitrogens with one attached hydrogen (secondary N) is 3. The molecule has 234 valence electrons. The Morgan fingerprint density at radius 1 is 1.02 bits per heavy atom. The van der Waals surface area contributed by atoms with E-state index in [1.165, 1.54) is 38.0 Å². The Labute approximate surface area is 259 Å². The minimum atomic E-state index is -0.682. The Bertz CT molecular complexity index is 1930. The number of aromatic nitrogens is 2. The first kappa shape index (κ1) is 31.4. The topological polar surface area (TPSA) is 123 Å². The quantitative estimate of drug-likeness (QED) is 0.278. The molecule has 0 bridgehead atoms. The molecule has 3 N–H and O–H groups in total. The fraction of sp³-hybridized carbons (Fsp3) is 0.294. The number of piperidine rings is 1. The highest BCUT2D eigenvalue weighted by Gasteiger charge is 2.22. The predicted molar refractivity (Wildman–Crippen MR) is 171 cm³/mol. The van der Waals surface area contributed by atoms with Crippen LogP contribution >= 0.6 is 0 Å². The summed E-state index contributed by atoms with van der Waals surface area (Å²) in [7, 11) is 4.31. The monoisotopic (exact) mass is 613 g/mol. The standard InChI is InChI=1S/C34H36FN5O5/c1-19-23(21-14-28(35)26(30(15-21)45-5)17-37-22-12-13-36-31(41)16-22)8-6-9-24(19)25-10-7-11-29(20(25)2)38-32(42)27-18-39(3)34(44)40(4)33(27)43/h6-11,14-15,18,22,37H,12-13,16-17H2,1-5H3,(H,36,41)(H,38,42). The molecule has 0 spiro atoms. The molecule has 2 heterocycles. The summed E-state index contributed by atoms with van der Waals surface area (Å²) < 4.78 is 23.2. The van der Waals surface area contributed by atoms with Gasteiger partial charge in [-0.25, -0.2) is 9.18 Å². The lowest BCUT2D eigenvalue weighted by Crippen LogP contribution is -2.43. The number of hydrogen-bond donors (Lipinski definition) is 3. The third-order valence-electron chi connectivity index (χ3n) is 8.40. The SMILES string of the molecule is COc1cc(-c2cccc(-c3cccc(NC(=O)c4cn(C)c(=O)n(C)c4=O)c3C)c2C)cc(F)c1CNC1CCNC(=O)C1. The van der Waals surface area contributed by atoms with Crippen LogP contribution in [0.25, 0.3) is 22.3 Å². The molecule has 2 amide bonds. The molecule has 1 aliphatic rings. The zero-order valence-electron chi connectivity index (χ0n) is 25.9. The van der Waals surface area contributed by atoms with Crippen LogP contribution in [-0.2, 0) is 25.4 Å². The molecular weight excluding hydrogens is 577 g/mol. The van der Waals surface area contributed by atoms with Gasteiger partial charge in [0.1, 0.15) is 17.1 Å². The molecule has 1 atom stereocenters. The molecule has 0 radical (unpaired) electrons. The maximum absolute atomic E-state index is 15.6.